The number of hydrogen-bond donors (Lipinski definition) is 0. The zero-order valence-corrected chi connectivity index (χ0v) is 8.98. The van der Waals surface area contributed by atoms with Crippen LogP contribution in [-0.2, 0) is 0 Å². The number of rotatable bonds is 4. The summed E-state index contributed by atoms with van der Waals surface area (Å²) >= 11 is 0. The molecule has 0 aromatic heterocycles. The Bertz CT molecular complexity index is 170. The lowest BCUT2D eigenvalue weighted by Crippen LogP contribution is -1.89. The van der Waals surface area contributed by atoms with E-state index in [1.807, 2.05) is 0 Å². The van der Waals surface area contributed by atoms with Crippen LogP contribution in [0.1, 0.15) is 53.4 Å². The predicted molar refractivity (Wildman–Crippen MR) is 55.2 cm³/mol. The average Bonchev–Trinajstić information content (AvgIpc) is 2.51. The third kappa shape index (κ3) is 3.00. The molecule has 0 spiro atoms. The van der Waals surface area contributed by atoms with E-state index >= 15 is 0 Å². The van der Waals surface area contributed by atoms with Crippen molar-refractivity contribution in [2.45, 2.75) is 53.4 Å². The largest absolute Gasteiger partial charge is 0.0859 e. The minimum absolute atomic E-state index is 0.685. The van der Waals surface area contributed by atoms with E-state index < -0.39 is 0 Å². The Balaban J connectivity index is 2.02. The van der Waals surface area contributed by atoms with E-state index in [0.717, 1.165) is 5.92 Å². The Hall–Kier alpha value is -0.260. The van der Waals surface area contributed by atoms with Gasteiger partial charge in [0.05, 0.1) is 0 Å². The van der Waals surface area contributed by atoms with E-state index in [1.54, 1.807) is 0 Å². The summed E-state index contributed by atoms with van der Waals surface area (Å²) in [5.74, 6) is 1.03. The van der Waals surface area contributed by atoms with Crippen molar-refractivity contribution in [3.8, 4) is 0 Å². The molecular formula is C12H22. The normalized spacial score (nSPS) is 25.2. The molecule has 0 aromatic rings. The molecule has 1 atom stereocenters. The molecule has 70 valence electrons. The molecule has 12 heavy (non-hydrogen) atoms. The highest BCUT2D eigenvalue weighted by Gasteiger charge is 2.44. The van der Waals surface area contributed by atoms with Crippen LogP contribution in [0.4, 0.5) is 0 Å². The van der Waals surface area contributed by atoms with Crippen LogP contribution in [0.5, 0.6) is 0 Å². The van der Waals surface area contributed by atoms with Crippen molar-refractivity contribution in [1.29, 1.82) is 0 Å². The highest BCUT2D eigenvalue weighted by molar-refractivity contribution is 4.96. The van der Waals surface area contributed by atoms with Gasteiger partial charge in [0.1, 0.15) is 0 Å². The van der Waals surface area contributed by atoms with Crippen molar-refractivity contribution in [1.82, 2.24) is 0 Å². The molecule has 0 nitrogen and oxygen atoms in total. The van der Waals surface area contributed by atoms with Gasteiger partial charge in [-0.05, 0) is 50.9 Å². The molecule has 0 bridgehead atoms. The first-order chi connectivity index (χ1) is 5.52. The molecular weight excluding hydrogens is 144 g/mol. The highest BCUT2D eigenvalue weighted by atomic mass is 14.5. The van der Waals surface area contributed by atoms with E-state index in [4.69, 9.17) is 0 Å². The molecule has 0 aliphatic heterocycles. The fourth-order valence-electron chi connectivity index (χ4n) is 1.82. The topological polar surface area (TPSA) is 0 Å². The van der Waals surface area contributed by atoms with Crippen LogP contribution in [0, 0.1) is 11.3 Å². The summed E-state index contributed by atoms with van der Waals surface area (Å²) in [4.78, 5) is 0. The number of hydrogen-bond acceptors (Lipinski definition) is 0. The van der Waals surface area contributed by atoms with Gasteiger partial charge in [-0.2, -0.15) is 0 Å². The number of unbranched alkanes of at least 4 members (excludes halogenated alkanes) is 1. The third-order valence-electron chi connectivity index (χ3n) is 3.03. The van der Waals surface area contributed by atoms with Crippen LogP contribution < -0.4 is 0 Å². The van der Waals surface area contributed by atoms with Gasteiger partial charge in [0.15, 0.2) is 0 Å². The Morgan fingerprint density at radius 2 is 2.00 bits per heavy atom. The Kier molecular flexibility index (Phi) is 2.98. The maximum atomic E-state index is 2.39. The van der Waals surface area contributed by atoms with E-state index in [-0.39, 0.29) is 0 Å². The summed E-state index contributed by atoms with van der Waals surface area (Å²) in [7, 11) is 0. The molecule has 0 heteroatoms. The van der Waals surface area contributed by atoms with E-state index in [1.165, 1.54) is 31.3 Å². The summed E-state index contributed by atoms with van der Waals surface area (Å²) < 4.78 is 0. The van der Waals surface area contributed by atoms with Crippen molar-refractivity contribution >= 4 is 0 Å². The smallest absolute Gasteiger partial charge is 0.0323 e. The molecule has 0 radical (unpaired) electrons. The standard InChI is InChI=1S/C12H22/c1-10(2)7-5-6-8-11-9-12(11,3)4/h7,11H,5-6,8-9H2,1-4H3. The van der Waals surface area contributed by atoms with Crippen LogP contribution in [-0.4, -0.2) is 0 Å². The van der Waals surface area contributed by atoms with Gasteiger partial charge in [0.25, 0.3) is 0 Å². The van der Waals surface area contributed by atoms with Crippen LogP contribution in [0.2, 0.25) is 0 Å². The van der Waals surface area contributed by atoms with Crippen molar-refractivity contribution in [2.24, 2.45) is 11.3 Å². The van der Waals surface area contributed by atoms with Crippen molar-refractivity contribution < 1.29 is 0 Å². The molecule has 0 amide bonds. The minimum atomic E-state index is 0.685. The SMILES string of the molecule is CC(C)=CCCCC1CC1(C)C. The second-order valence-corrected chi connectivity index (χ2v) is 5.10. The lowest BCUT2D eigenvalue weighted by Gasteiger charge is -2.01. The molecule has 1 fully saturated rings. The molecule has 1 saturated carbocycles. The maximum absolute atomic E-state index is 2.39. The van der Waals surface area contributed by atoms with Crippen molar-refractivity contribution in [3.05, 3.63) is 11.6 Å². The third-order valence-corrected chi connectivity index (χ3v) is 3.03. The van der Waals surface area contributed by atoms with Crippen molar-refractivity contribution in [2.75, 3.05) is 0 Å². The van der Waals surface area contributed by atoms with Gasteiger partial charge in [-0.15, -0.1) is 0 Å². The Morgan fingerprint density at radius 3 is 2.42 bits per heavy atom. The molecule has 0 N–H and O–H groups in total. The van der Waals surface area contributed by atoms with E-state index in [0.29, 0.717) is 5.41 Å². The van der Waals surface area contributed by atoms with Crippen LogP contribution >= 0.6 is 0 Å². The molecule has 0 heterocycles. The van der Waals surface area contributed by atoms with E-state index in [2.05, 4.69) is 33.8 Å². The summed E-state index contributed by atoms with van der Waals surface area (Å²) in [6.45, 7) is 9.14. The van der Waals surface area contributed by atoms with Crippen LogP contribution in [0.25, 0.3) is 0 Å². The van der Waals surface area contributed by atoms with Gasteiger partial charge in [-0.3, -0.25) is 0 Å². The zero-order chi connectivity index (χ0) is 9.19. The highest BCUT2D eigenvalue weighted by Crippen LogP contribution is 2.54. The predicted octanol–water partition coefficient (Wildman–Crippen LogP) is 4.17. The molecule has 1 unspecified atom stereocenters. The summed E-state index contributed by atoms with van der Waals surface area (Å²) in [6, 6.07) is 0. The van der Waals surface area contributed by atoms with Crippen LogP contribution in [0.15, 0.2) is 11.6 Å². The van der Waals surface area contributed by atoms with Gasteiger partial charge in [-0.1, -0.05) is 25.5 Å². The summed E-state index contributed by atoms with van der Waals surface area (Å²) in [5.41, 5.74) is 2.15. The minimum Gasteiger partial charge on any atom is -0.0859 e. The summed E-state index contributed by atoms with van der Waals surface area (Å²) in [6.07, 6.45) is 7.93. The first kappa shape index (κ1) is 9.83. The fraction of sp³-hybridized carbons (Fsp3) is 0.833. The maximum Gasteiger partial charge on any atom is -0.0323 e. The van der Waals surface area contributed by atoms with Gasteiger partial charge >= 0.3 is 0 Å². The molecule has 0 aromatic carbocycles. The van der Waals surface area contributed by atoms with Crippen molar-refractivity contribution in [3.63, 3.8) is 0 Å². The van der Waals surface area contributed by atoms with E-state index in [9.17, 15) is 0 Å². The van der Waals surface area contributed by atoms with Gasteiger partial charge in [-0.25, -0.2) is 0 Å². The molecule has 1 aliphatic carbocycles. The van der Waals surface area contributed by atoms with Gasteiger partial charge in [0, 0.05) is 0 Å². The molecule has 1 aliphatic rings. The van der Waals surface area contributed by atoms with Gasteiger partial charge in [0.2, 0.25) is 0 Å². The molecule has 1 rings (SSSR count). The zero-order valence-electron chi connectivity index (χ0n) is 8.98. The Labute approximate surface area is 77.1 Å². The molecule has 0 saturated heterocycles. The monoisotopic (exact) mass is 166 g/mol. The lowest BCUT2D eigenvalue weighted by molar-refractivity contribution is 0.520. The Morgan fingerprint density at radius 1 is 1.42 bits per heavy atom. The quantitative estimate of drug-likeness (QED) is 0.434. The van der Waals surface area contributed by atoms with Crippen LogP contribution in [0.3, 0.4) is 0 Å². The fourth-order valence-corrected chi connectivity index (χ4v) is 1.82. The average molecular weight is 166 g/mol. The lowest BCUT2D eigenvalue weighted by atomic mass is 10.0. The second kappa shape index (κ2) is 3.64. The second-order valence-electron chi connectivity index (χ2n) is 5.10. The first-order valence-electron chi connectivity index (χ1n) is 5.16. The van der Waals surface area contributed by atoms with Gasteiger partial charge < -0.3 is 0 Å². The number of allylic oxidation sites excluding steroid dienone is 2. The summed E-state index contributed by atoms with van der Waals surface area (Å²) in [5, 5.41) is 0. The first-order valence-corrected chi connectivity index (χ1v) is 5.16.